The monoisotopic (exact) mass is 477 g/mol. The third-order valence-corrected chi connectivity index (χ3v) is 6.39. The molecule has 4 rings (SSSR count). The van der Waals surface area contributed by atoms with Gasteiger partial charge in [-0.25, -0.2) is 9.48 Å². The summed E-state index contributed by atoms with van der Waals surface area (Å²) in [6, 6.07) is 15.5. The Bertz CT molecular complexity index is 1150. The van der Waals surface area contributed by atoms with Crippen molar-refractivity contribution in [3.05, 3.63) is 70.9 Å². The van der Waals surface area contributed by atoms with Crippen LogP contribution < -0.4 is 9.47 Å². The van der Waals surface area contributed by atoms with Gasteiger partial charge in [0.15, 0.2) is 5.78 Å². The Morgan fingerprint density at radius 3 is 2.29 bits per heavy atom. The molecule has 1 fully saturated rings. The molecule has 184 valence electrons. The number of aromatic nitrogens is 3. The van der Waals surface area contributed by atoms with E-state index in [0.717, 1.165) is 42.6 Å². The number of hydrogen-bond acceptors (Lipinski definition) is 7. The minimum Gasteiger partial charge on any atom is -0.497 e. The number of Topliss-reactive ketones (excluding diaryl/α,β-unsaturated/α-hetero) is 1. The van der Waals surface area contributed by atoms with Crippen molar-refractivity contribution in [1.29, 1.82) is 0 Å². The highest BCUT2D eigenvalue weighted by atomic mass is 16.5. The third kappa shape index (κ3) is 5.88. The molecule has 1 heterocycles. The first kappa shape index (κ1) is 24.4. The van der Waals surface area contributed by atoms with E-state index < -0.39 is 5.97 Å². The van der Waals surface area contributed by atoms with Gasteiger partial charge in [0.1, 0.15) is 11.9 Å². The van der Waals surface area contributed by atoms with E-state index in [2.05, 4.69) is 22.4 Å². The fraction of sp³-hybridized carbons (Fsp3) is 0.407. The number of carbonyl (C=O) groups is 2. The largest absolute Gasteiger partial charge is 0.497 e. The van der Waals surface area contributed by atoms with Gasteiger partial charge < -0.3 is 14.2 Å². The van der Waals surface area contributed by atoms with Crippen molar-refractivity contribution in [3.63, 3.8) is 0 Å². The summed E-state index contributed by atoms with van der Waals surface area (Å²) >= 11 is 0. The Morgan fingerprint density at radius 1 is 1.00 bits per heavy atom. The second-order valence-electron chi connectivity index (χ2n) is 8.74. The first-order chi connectivity index (χ1) is 17.0. The Labute approximate surface area is 205 Å². The number of ether oxygens (including phenoxy) is 3. The predicted molar refractivity (Wildman–Crippen MR) is 130 cm³/mol. The number of ketones is 1. The van der Waals surface area contributed by atoms with E-state index in [0.29, 0.717) is 18.3 Å². The molecular weight excluding hydrogens is 446 g/mol. The molecule has 0 amide bonds. The zero-order valence-electron chi connectivity index (χ0n) is 20.4. The Hall–Kier alpha value is -3.68. The minimum absolute atomic E-state index is 0.0518. The van der Waals surface area contributed by atoms with Gasteiger partial charge in [0.05, 0.1) is 20.3 Å². The number of rotatable bonds is 9. The lowest BCUT2D eigenvalue weighted by Gasteiger charge is -2.29. The molecule has 3 aromatic rings. The van der Waals surface area contributed by atoms with Gasteiger partial charge in [-0.3, -0.25) is 4.79 Å². The normalized spacial score (nSPS) is 17.6. The molecule has 2 aromatic carbocycles. The molecule has 0 bridgehead atoms. The highest BCUT2D eigenvalue weighted by molar-refractivity contribution is 5.94. The summed E-state index contributed by atoms with van der Waals surface area (Å²) in [7, 11) is 1.62. The van der Waals surface area contributed by atoms with E-state index in [1.807, 2.05) is 36.4 Å². The molecule has 0 atom stereocenters. The molecule has 0 saturated heterocycles. The zero-order chi connectivity index (χ0) is 24.8. The number of nitrogens with zero attached hydrogens (tertiary/aromatic N) is 3. The van der Waals surface area contributed by atoms with Gasteiger partial charge in [-0.1, -0.05) is 41.6 Å². The zero-order valence-corrected chi connectivity index (χ0v) is 20.4. The number of esters is 1. The molecule has 0 aliphatic heterocycles. The summed E-state index contributed by atoms with van der Waals surface area (Å²) in [4.78, 5) is 24.1. The summed E-state index contributed by atoms with van der Waals surface area (Å²) in [6.07, 6.45) is 3.55. The average Bonchev–Trinajstić information content (AvgIpc) is 3.27. The van der Waals surface area contributed by atoms with Crippen molar-refractivity contribution in [2.75, 3.05) is 13.7 Å². The molecule has 8 heteroatoms. The lowest BCUT2D eigenvalue weighted by Crippen LogP contribution is -2.25. The van der Waals surface area contributed by atoms with Gasteiger partial charge in [-0.2, -0.15) is 0 Å². The van der Waals surface area contributed by atoms with Crippen LogP contribution in [-0.2, 0) is 11.3 Å². The molecule has 1 saturated carbocycles. The maximum absolute atomic E-state index is 12.5. The molecule has 1 aliphatic rings. The third-order valence-electron chi connectivity index (χ3n) is 6.39. The fourth-order valence-electron chi connectivity index (χ4n) is 4.42. The molecule has 1 aliphatic carbocycles. The van der Waals surface area contributed by atoms with Gasteiger partial charge in [-0.05, 0) is 68.7 Å². The molecule has 0 spiro atoms. The molecule has 0 radical (unpaired) electrons. The molecule has 1 aromatic heterocycles. The Morgan fingerprint density at radius 2 is 1.69 bits per heavy atom. The molecule has 0 unspecified atom stereocenters. The maximum atomic E-state index is 12.5. The van der Waals surface area contributed by atoms with Crippen molar-refractivity contribution in [3.8, 4) is 11.6 Å². The number of hydrogen-bond donors (Lipinski definition) is 0. The smallest absolute Gasteiger partial charge is 0.364 e. The maximum Gasteiger partial charge on any atom is 0.364 e. The quantitative estimate of drug-likeness (QED) is 0.322. The standard InChI is InChI=1S/C27H31N3O5/c1-4-34-27(32)25-26(30(29-28-25)17-19-5-13-23(33-3)14-6-19)35-24-15-11-22(12-16-24)21-9-7-20(8-10-21)18(2)31/h5-10,13-14,22,24H,4,11-12,15-17H2,1-3H3. The number of benzene rings is 2. The number of carbonyl (C=O) groups excluding carboxylic acids is 2. The average molecular weight is 478 g/mol. The molecule has 8 nitrogen and oxygen atoms in total. The van der Waals surface area contributed by atoms with Gasteiger partial charge in [-0.15, -0.1) is 5.10 Å². The van der Waals surface area contributed by atoms with E-state index >= 15 is 0 Å². The van der Waals surface area contributed by atoms with Crippen molar-refractivity contribution in [2.24, 2.45) is 0 Å². The van der Waals surface area contributed by atoms with Crippen LogP contribution in [-0.4, -0.2) is 46.6 Å². The summed E-state index contributed by atoms with van der Waals surface area (Å²) in [6.45, 7) is 3.99. The van der Waals surface area contributed by atoms with E-state index in [9.17, 15) is 9.59 Å². The number of methoxy groups -OCH3 is 1. The Kier molecular flexibility index (Phi) is 7.80. The van der Waals surface area contributed by atoms with Crippen LogP contribution in [0.3, 0.4) is 0 Å². The van der Waals surface area contributed by atoms with Crippen LogP contribution in [0.5, 0.6) is 11.6 Å². The topological polar surface area (TPSA) is 92.5 Å². The molecular formula is C27H31N3O5. The van der Waals surface area contributed by atoms with Gasteiger partial charge in [0.2, 0.25) is 11.6 Å². The van der Waals surface area contributed by atoms with Crippen molar-refractivity contribution in [2.45, 2.75) is 58.1 Å². The predicted octanol–water partition coefficient (Wildman–Crippen LogP) is 4.82. The van der Waals surface area contributed by atoms with Crippen LogP contribution >= 0.6 is 0 Å². The van der Waals surface area contributed by atoms with Crippen LogP contribution in [0.2, 0.25) is 0 Å². The van der Waals surface area contributed by atoms with Gasteiger partial charge in [0.25, 0.3) is 0 Å². The highest BCUT2D eigenvalue weighted by Crippen LogP contribution is 2.35. The van der Waals surface area contributed by atoms with E-state index in [1.165, 1.54) is 5.56 Å². The Balaban J connectivity index is 1.46. The lowest BCUT2D eigenvalue weighted by molar-refractivity contribution is 0.0507. The van der Waals surface area contributed by atoms with Crippen molar-refractivity contribution in [1.82, 2.24) is 15.0 Å². The second kappa shape index (κ2) is 11.2. The molecule has 35 heavy (non-hydrogen) atoms. The van der Waals surface area contributed by atoms with Crippen LogP contribution in [0.1, 0.15) is 77.4 Å². The van der Waals surface area contributed by atoms with Gasteiger partial charge in [0, 0.05) is 5.56 Å². The van der Waals surface area contributed by atoms with Crippen LogP contribution in [0, 0.1) is 0 Å². The first-order valence-electron chi connectivity index (χ1n) is 12.0. The summed E-state index contributed by atoms with van der Waals surface area (Å²) in [5.41, 5.74) is 3.05. The van der Waals surface area contributed by atoms with Gasteiger partial charge >= 0.3 is 5.97 Å². The summed E-state index contributed by atoms with van der Waals surface area (Å²) < 4.78 is 18.4. The fourth-order valence-corrected chi connectivity index (χ4v) is 4.42. The highest BCUT2D eigenvalue weighted by Gasteiger charge is 2.29. The van der Waals surface area contributed by atoms with Crippen molar-refractivity contribution < 1.29 is 23.8 Å². The SMILES string of the molecule is CCOC(=O)c1nnn(Cc2ccc(OC)cc2)c1OC1CCC(c2ccc(C(C)=O)cc2)CC1. The molecule has 0 N–H and O–H groups in total. The minimum atomic E-state index is -0.539. The summed E-state index contributed by atoms with van der Waals surface area (Å²) in [5.74, 6) is 1.06. The van der Waals surface area contributed by atoms with Crippen LogP contribution in [0.4, 0.5) is 0 Å². The first-order valence-corrected chi connectivity index (χ1v) is 12.0. The van der Waals surface area contributed by atoms with E-state index in [-0.39, 0.29) is 24.2 Å². The van der Waals surface area contributed by atoms with Crippen molar-refractivity contribution >= 4 is 11.8 Å². The van der Waals surface area contributed by atoms with Crippen LogP contribution in [0.15, 0.2) is 48.5 Å². The van der Waals surface area contributed by atoms with E-state index in [4.69, 9.17) is 14.2 Å². The summed E-state index contributed by atoms with van der Waals surface area (Å²) in [5, 5.41) is 8.27. The van der Waals surface area contributed by atoms with E-state index in [1.54, 1.807) is 25.6 Å². The van der Waals surface area contributed by atoms with Crippen LogP contribution in [0.25, 0.3) is 0 Å². The lowest BCUT2D eigenvalue weighted by atomic mass is 9.82. The second-order valence-corrected chi connectivity index (χ2v) is 8.74.